The second-order valence-electron chi connectivity index (χ2n) is 11.4. The van der Waals surface area contributed by atoms with Crippen LogP contribution in [0.4, 0.5) is 10.2 Å². The van der Waals surface area contributed by atoms with Gasteiger partial charge in [-0.05, 0) is 22.3 Å². The average molecular weight is 564 g/mol. The van der Waals surface area contributed by atoms with Crippen LogP contribution in [0.1, 0.15) is 47.3 Å². The van der Waals surface area contributed by atoms with E-state index in [2.05, 4.69) is 60.0 Å². The van der Waals surface area contributed by atoms with Crippen LogP contribution in [-0.4, -0.2) is 52.1 Å². The molecule has 3 heterocycles. The summed E-state index contributed by atoms with van der Waals surface area (Å²) in [5.74, 6) is -0.493. The molecule has 0 saturated carbocycles. The summed E-state index contributed by atoms with van der Waals surface area (Å²) in [7, 11) is -2.91. The van der Waals surface area contributed by atoms with Crippen molar-refractivity contribution < 1.29 is 23.1 Å². The number of nitrogens with zero attached hydrogens (tertiary/aromatic N) is 4. The zero-order valence-electron chi connectivity index (χ0n) is 23.3. The highest BCUT2D eigenvalue weighted by Crippen LogP contribution is 2.43. The van der Waals surface area contributed by atoms with Gasteiger partial charge in [0.25, 0.3) is 8.32 Å². The van der Waals surface area contributed by atoms with Crippen molar-refractivity contribution in [1.82, 2.24) is 19.5 Å². The molecule has 1 saturated heterocycles. The van der Waals surface area contributed by atoms with Crippen molar-refractivity contribution in [2.45, 2.75) is 64.0 Å². The van der Waals surface area contributed by atoms with Crippen LogP contribution in [0.5, 0.6) is 0 Å². The summed E-state index contributed by atoms with van der Waals surface area (Å²) in [5.41, 5.74) is 5.31. The molecule has 0 amide bonds. The molecule has 0 aliphatic carbocycles. The molecule has 9 nitrogen and oxygen atoms in total. The van der Waals surface area contributed by atoms with Gasteiger partial charge in [-0.2, -0.15) is 14.4 Å². The summed E-state index contributed by atoms with van der Waals surface area (Å²) in [5, 5.41) is 1.99. The molecular formula is C29H34FN5O4Si. The van der Waals surface area contributed by atoms with Crippen LogP contribution < -0.4 is 16.1 Å². The van der Waals surface area contributed by atoms with Crippen molar-refractivity contribution in [2.75, 3.05) is 12.3 Å². The van der Waals surface area contributed by atoms with E-state index in [0.29, 0.717) is 0 Å². The van der Waals surface area contributed by atoms with Crippen molar-refractivity contribution in [1.29, 1.82) is 0 Å². The summed E-state index contributed by atoms with van der Waals surface area (Å²) in [6.07, 6.45) is -0.485. The van der Waals surface area contributed by atoms with Crippen molar-refractivity contribution in [3.05, 3.63) is 73.1 Å². The maximum absolute atomic E-state index is 14.1. The number of benzene rings is 2. The highest BCUT2D eigenvalue weighted by Gasteiger charge is 2.54. The van der Waals surface area contributed by atoms with Crippen LogP contribution in [0, 0.1) is 6.08 Å². The third kappa shape index (κ3) is 4.89. The van der Waals surface area contributed by atoms with Gasteiger partial charge in [0, 0.05) is 13.3 Å². The quantitative estimate of drug-likeness (QED) is 0.206. The fraction of sp³-hybridized carbons (Fsp3) is 0.379. The fourth-order valence-corrected chi connectivity index (χ4v) is 10.3. The van der Waals surface area contributed by atoms with Gasteiger partial charge in [0.2, 0.25) is 0 Å². The highest BCUT2D eigenvalue weighted by atomic mass is 28.4. The molecule has 1 aliphatic heterocycles. The summed E-state index contributed by atoms with van der Waals surface area (Å²) >= 11 is 0. The van der Waals surface area contributed by atoms with Gasteiger partial charge in [-0.1, -0.05) is 81.4 Å². The summed E-state index contributed by atoms with van der Waals surface area (Å²) in [6, 6.07) is 20.6. The first kappa shape index (κ1) is 27.9. The van der Waals surface area contributed by atoms with Gasteiger partial charge in [-0.3, -0.25) is 9.36 Å². The SMILES string of the molecule is CC(=O)O[C@H]1C[C@H](n2cnc3c(N)nc(F)nc32)O[C@]1(C)CO[Si](c1ccccc1)(c1ccccc1)C(C)(C)C. The van der Waals surface area contributed by atoms with Crippen LogP contribution in [0.3, 0.4) is 0 Å². The molecule has 2 N–H and O–H groups in total. The van der Waals surface area contributed by atoms with Crippen LogP contribution in [-0.2, 0) is 18.7 Å². The van der Waals surface area contributed by atoms with Crippen molar-refractivity contribution in [3.63, 3.8) is 0 Å². The largest absolute Gasteiger partial charge is 0.459 e. The molecule has 0 unspecified atom stereocenters. The molecular weight excluding hydrogens is 529 g/mol. The number of carbonyl (C=O) groups is 1. The van der Waals surface area contributed by atoms with Crippen molar-refractivity contribution in [3.8, 4) is 0 Å². The molecule has 0 spiro atoms. The monoisotopic (exact) mass is 563 g/mol. The molecule has 40 heavy (non-hydrogen) atoms. The molecule has 0 bridgehead atoms. The predicted molar refractivity (Wildman–Crippen MR) is 152 cm³/mol. The Hall–Kier alpha value is -3.67. The van der Waals surface area contributed by atoms with Crippen LogP contribution in [0.25, 0.3) is 11.2 Å². The van der Waals surface area contributed by atoms with Crippen LogP contribution in [0.15, 0.2) is 67.0 Å². The third-order valence-electron chi connectivity index (χ3n) is 7.53. The smallest absolute Gasteiger partial charge is 0.312 e. The highest BCUT2D eigenvalue weighted by molar-refractivity contribution is 6.99. The summed E-state index contributed by atoms with van der Waals surface area (Å²) < 4.78 is 35.2. The standard InChI is InChI=1S/C29H34FN5O4Si/c1-19(36)38-22-16-23(35-18-32-24-25(31)33-27(30)34-26(24)35)39-29(22,5)17-37-40(28(2,3)4,20-12-8-6-9-13-20)21-14-10-7-11-15-21/h6-15,18,22-23H,16-17H2,1-5H3,(H2,31,33,34)/t22-,23+,29+/m0/s1. The van der Waals surface area contributed by atoms with Gasteiger partial charge in [0.1, 0.15) is 17.9 Å². The summed E-state index contributed by atoms with van der Waals surface area (Å²) in [6.45, 7) is 9.97. The number of rotatable bonds is 7. The second-order valence-corrected chi connectivity index (χ2v) is 15.7. The maximum Gasteiger partial charge on any atom is 0.312 e. The van der Waals surface area contributed by atoms with E-state index >= 15 is 0 Å². The second kappa shape index (κ2) is 10.4. The number of nitrogens with two attached hydrogens (primary N) is 1. The van der Waals surface area contributed by atoms with E-state index in [1.807, 2.05) is 43.3 Å². The molecule has 2 aromatic carbocycles. The number of aromatic nitrogens is 4. The van der Waals surface area contributed by atoms with Crippen LogP contribution in [0.2, 0.25) is 5.04 Å². The van der Waals surface area contributed by atoms with Crippen LogP contribution >= 0.6 is 0 Å². The maximum atomic E-state index is 14.1. The van der Waals surface area contributed by atoms with E-state index in [1.54, 1.807) is 4.57 Å². The Kier molecular flexibility index (Phi) is 7.23. The zero-order chi connectivity index (χ0) is 28.7. The van der Waals surface area contributed by atoms with Crippen molar-refractivity contribution >= 4 is 41.6 Å². The van der Waals surface area contributed by atoms with E-state index < -0.39 is 38.3 Å². The fourth-order valence-electron chi connectivity index (χ4n) is 5.67. The van der Waals surface area contributed by atoms with Gasteiger partial charge < -0.3 is 19.6 Å². The summed E-state index contributed by atoms with van der Waals surface area (Å²) in [4.78, 5) is 23.9. The number of carbonyl (C=O) groups excluding carboxylic acids is 1. The molecule has 1 aliphatic rings. The average Bonchev–Trinajstić information content (AvgIpc) is 3.46. The molecule has 2 aromatic heterocycles. The Morgan fingerprint density at radius 1 is 1.12 bits per heavy atom. The minimum atomic E-state index is -2.91. The van der Waals surface area contributed by atoms with E-state index in [4.69, 9.17) is 19.6 Å². The van der Waals surface area contributed by atoms with Crippen molar-refractivity contribution in [2.24, 2.45) is 0 Å². The van der Waals surface area contributed by atoms with Gasteiger partial charge in [-0.25, -0.2) is 4.98 Å². The molecule has 1 fully saturated rings. The number of esters is 1. The lowest BCUT2D eigenvalue weighted by molar-refractivity contribution is -0.161. The third-order valence-corrected chi connectivity index (χ3v) is 12.5. The first-order valence-corrected chi connectivity index (χ1v) is 15.1. The minimum Gasteiger partial charge on any atom is -0.459 e. The first-order valence-electron chi connectivity index (χ1n) is 13.2. The number of ether oxygens (including phenoxy) is 2. The molecule has 4 aromatic rings. The van der Waals surface area contributed by atoms with E-state index in [0.717, 1.165) is 10.4 Å². The van der Waals surface area contributed by atoms with Gasteiger partial charge in [0.05, 0.1) is 12.9 Å². The lowest BCUT2D eigenvalue weighted by Crippen LogP contribution is -2.68. The zero-order valence-corrected chi connectivity index (χ0v) is 24.3. The molecule has 210 valence electrons. The number of imidazole rings is 1. The lowest BCUT2D eigenvalue weighted by atomic mass is 10.0. The first-order chi connectivity index (χ1) is 18.9. The number of hydrogen-bond acceptors (Lipinski definition) is 8. The predicted octanol–water partition coefficient (Wildman–Crippen LogP) is 3.73. The molecule has 11 heteroatoms. The molecule has 0 radical (unpaired) electrons. The minimum absolute atomic E-state index is 0.0615. The Morgan fingerprint density at radius 2 is 1.73 bits per heavy atom. The van der Waals surface area contributed by atoms with Gasteiger partial charge in [-0.15, -0.1) is 0 Å². The number of hydrogen-bond donors (Lipinski definition) is 1. The number of fused-ring (bicyclic) bond motifs is 1. The van der Waals surface area contributed by atoms with Gasteiger partial charge in [0.15, 0.2) is 17.0 Å². The molecule has 3 atom stereocenters. The number of nitrogen functional groups attached to an aromatic ring is 1. The topological polar surface area (TPSA) is 114 Å². The van der Waals surface area contributed by atoms with Gasteiger partial charge >= 0.3 is 12.0 Å². The van der Waals surface area contributed by atoms with E-state index in [1.165, 1.54) is 13.3 Å². The Bertz CT molecular complexity index is 1470. The Labute approximate surface area is 233 Å². The van der Waals surface area contributed by atoms with E-state index in [9.17, 15) is 9.18 Å². The Balaban J connectivity index is 1.55. The molecule has 5 rings (SSSR count). The number of anilines is 1. The normalized spacial score (nSPS) is 21.6. The number of halogens is 1. The lowest BCUT2D eigenvalue weighted by Gasteiger charge is -2.45. The van der Waals surface area contributed by atoms with E-state index in [-0.39, 0.29) is 35.0 Å². The Morgan fingerprint density at radius 3 is 2.27 bits per heavy atom.